The van der Waals surface area contributed by atoms with Gasteiger partial charge in [-0.1, -0.05) is 13.8 Å². The highest BCUT2D eigenvalue weighted by Crippen LogP contribution is 2.12. The molecule has 1 unspecified atom stereocenters. The van der Waals surface area contributed by atoms with Crippen LogP contribution in [0.2, 0.25) is 0 Å². The number of hydrogen-bond acceptors (Lipinski definition) is 4. The first-order valence-electron chi connectivity index (χ1n) is 7.48. The summed E-state index contributed by atoms with van der Waals surface area (Å²) in [5.74, 6) is 2.48. The van der Waals surface area contributed by atoms with E-state index in [1.807, 2.05) is 6.92 Å². The van der Waals surface area contributed by atoms with Crippen LogP contribution in [0.25, 0.3) is 0 Å². The Morgan fingerprint density at radius 1 is 1.32 bits per heavy atom. The zero-order valence-corrected chi connectivity index (χ0v) is 12.4. The minimum absolute atomic E-state index is 0.651. The Bertz CT molecular complexity index is 399. The number of anilines is 1. The molecule has 0 aromatic carbocycles. The molecule has 2 heterocycles. The van der Waals surface area contributed by atoms with Crippen molar-refractivity contribution in [2.24, 2.45) is 5.92 Å². The maximum absolute atomic E-state index is 4.45. The Morgan fingerprint density at radius 3 is 2.74 bits per heavy atom. The number of nitrogens with one attached hydrogen (secondary N) is 1. The second-order valence-electron chi connectivity index (χ2n) is 5.64. The third-order valence-corrected chi connectivity index (χ3v) is 3.65. The second-order valence-corrected chi connectivity index (χ2v) is 5.64. The number of hydrogen-bond donors (Lipinski definition) is 1. The molecule has 4 heteroatoms. The van der Waals surface area contributed by atoms with E-state index < -0.39 is 0 Å². The smallest absolute Gasteiger partial charge is 0.129 e. The van der Waals surface area contributed by atoms with Crippen LogP contribution in [0.4, 0.5) is 5.82 Å². The Hall–Kier alpha value is -1.16. The summed E-state index contributed by atoms with van der Waals surface area (Å²) in [7, 11) is 0. The van der Waals surface area contributed by atoms with E-state index in [2.05, 4.69) is 40.1 Å². The van der Waals surface area contributed by atoms with E-state index in [9.17, 15) is 0 Å². The van der Waals surface area contributed by atoms with E-state index in [4.69, 9.17) is 0 Å². The summed E-state index contributed by atoms with van der Waals surface area (Å²) in [6.45, 7) is 11.1. The average molecular weight is 262 g/mol. The van der Waals surface area contributed by atoms with Crippen molar-refractivity contribution in [2.75, 3.05) is 31.5 Å². The summed E-state index contributed by atoms with van der Waals surface area (Å²) >= 11 is 0. The van der Waals surface area contributed by atoms with Crippen LogP contribution in [-0.2, 0) is 6.42 Å². The molecular formula is C15H26N4. The molecule has 1 saturated heterocycles. The molecule has 1 aliphatic rings. The van der Waals surface area contributed by atoms with Crippen LogP contribution in [-0.4, -0.2) is 41.0 Å². The number of aryl methyl sites for hydroxylation is 2. The summed E-state index contributed by atoms with van der Waals surface area (Å²) in [6.07, 6.45) is 3.69. The van der Waals surface area contributed by atoms with Gasteiger partial charge in [-0.05, 0) is 45.2 Å². The first-order chi connectivity index (χ1) is 9.17. The van der Waals surface area contributed by atoms with Gasteiger partial charge in [-0.3, -0.25) is 0 Å². The molecule has 19 heavy (non-hydrogen) atoms. The molecule has 0 aliphatic carbocycles. The number of likely N-dealkylation sites (tertiary alicyclic amines) is 1. The second kappa shape index (κ2) is 6.85. The van der Waals surface area contributed by atoms with Gasteiger partial charge in [-0.15, -0.1) is 0 Å². The standard InChI is InChI=1S/C15H26N4/c1-4-14-9-15(18-13(3)17-14)16-10-12(2)11-19-7-5-6-8-19/h9,12H,4-8,10-11H2,1-3H3,(H,16,17,18). The van der Waals surface area contributed by atoms with Crippen molar-refractivity contribution in [3.05, 3.63) is 17.6 Å². The van der Waals surface area contributed by atoms with Crippen LogP contribution in [0.15, 0.2) is 6.07 Å². The summed E-state index contributed by atoms with van der Waals surface area (Å²) in [5, 5.41) is 3.46. The van der Waals surface area contributed by atoms with Crippen molar-refractivity contribution in [2.45, 2.75) is 40.0 Å². The summed E-state index contributed by atoms with van der Waals surface area (Å²) in [5.41, 5.74) is 1.11. The SMILES string of the molecule is CCc1cc(NCC(C)CN2CCCC2)nc(C)n1. The number of aromatic nitrogens is 2. The molecular weight excluding hydrogens is 236 g/mol. The summed E-state index contributed by atoms with van der Waals surface area (Å²) in [6, 6.07) is 2.07. The first-order valence-corrected chi connectivity index (χ1v) is 7.48. The van der Waals surface area contributed by atoms with Gasteiger partial charge in [0.1, 0.15) is 11.6 Å². The quantitative estimate of drug-likeness (QED) is 0.855. The van der Waals surface area contributed by atoms with Crippen LogP contribution < -0.4 is 5.32 Å². The Morgan fingerprint density at radius 2 is 2.05 bits per heavy atom. The van der Waals surface area contributed by atoms with Gasteiger partial charge < -0.3 is 10.2 Å². The molecule has 1 aromatic rings. The lowest BCUT2D eigenvalue weighted by Crippen LogP contribution is -2.29. The topological polar surface area (TPSA) is 41.0 Å². The maximum atomic E-state index is 4.45. The zero-order valence-electron chi connectivity index (χ0n) is 12.4. The van der Waals surface area contributed by atoms with Crippen molar-refractivity contribution in [1.29, 1.82) is 0 Å². The molecule has 1 N–H and O–H groups in total. The Kier molecular flexibility index (Phi) is 5.14. The van der Waals surface area contributed by atoms with E-state index >= 15 is 0 Å². The van der Waals surface area contributed by atoms with Crippen molar-refractivity contribution >= 4 is 5.82 Å². The first kappa shape index (κ1) is 14.3. The Balaban J connectivity index is 1.82. The lowest BCUT2D eigenvalue weighted by atomic mass is 10.1. The van der Waals surface area contributed by atoms with E-state index in [1.54, 1.807) is 0 Å². The molecule has 106 valence electrons. The van der Waals surface area contributed by atoms with Gasteiger partial charge in [0.15, 0.2) is 0 Å². The number of rotatable bonds is 6. The highest BCUT2D eigenvalue weighted by molar-refractivity contribution is 5.36. The predicted octanol–water partition coefficient (Wildman–Crippen LogP) is 2.49. The monoisotopic (exact) mass is 262 g/mol. The maximum Gasteiger partial charge on any atom is 0.129 e. The van der Waals surface area contributed by atoms with Crippen LogP contribution in [0, 0.1) is 12.8 Å². The molecule has 2 rings (SSSR count). The van der Waals surface area contributed by atoms with E-state index in [0.717, 1.165) is 30.3 Å². The van der Waals surface area contributed by atoms with Gasteiger partial charge in [0.05, 0.1) is 0 Å². The van der Waals surface area contributed by atoms with Crippen LogP contribution in [0.1, 0.15) is 38.2 Å². The van der Waals surface area contributed by atoms with Crippen LogP contribution in [0.3, 0.4) is 0 Å². The van der Waals surface area contributed by atoms with Crippen LogP contribution >= 0.6 is 0 Å². The highest BCUT2D eigenvalue weighted by atomic mass is 15.1. The molecule has 0 saturated carbocycles. The van der Waals surface area contributed by atoms with E-state index in [-0.39, 0.29) is 0 Å². The predicted molar refractivity (Wildman–Crippen MR) is 79.5 cm³/mol. The van der Waals surface area contributed by atoms with Crippen LogP contribution in [0.5, 0.6) is 0 Å². The van der Waals surface area contributed by atoms with Gasteiger partial charge in [-0.25, -0.2) is 9.97 Å². The molecule has 0 radical (unpaired) electrons. The lowest BCUT2D eigenvalue weighted by Gasteiger charge is -2.20. The summed E-state index contributed by atoms with van der Waals surface area (Å²) in [4.78, 5) is 11.4. The molecule has 4 nitrogen and oxygen atoms in total. The fraction of sp³-hybridized carbons (Fsp3) is 0.733. The van der Waals surface area contributed by atoms with Crippen molar-refractivity contribution in [3.8, 4) is 0 Å². The zero-order chi connectivity index (χ0) is 13.7. The minimum Gasteiger partial charge on any atom is -0.370 e. The van der Waals surface area contributed by atoms with Crippen molar-refractivity contribution < 1.29 is 0 Å². The molecule has 0 bridgehead atoms. The van der Waals surface area contributed by atoms with Gasteiger partial charge in [0.2, 0.25) is 0 Å². The van der Waals surface area contributed by atoms with Gasteiger partial charge in [0, 0.05) is 24.8 Å². The third-order valence-electron chi connectivity index (χ3n) is 3.65. The number of nitrogens with zero attached hydrogens (tertiary/aromatic N) is 3. The van der Waals surface area contributed by atoms with Gasteiger partial charge in [0.25, 0.3) is 0 Å². The molecule has 1 aliphatic heterocycles. The molecule has 1 aromatic heterocycles. The molecule has 1 atom stereocenters. The minimum atomic E-state index is 0.651. The fourth-order valence-corrected chi connectivity index (χ4v) is 2.65. The molecule has 0 amide bonds. The normalized spacial score (nSPS) is 17.6. The average Bonchev–Trinajstić information content (AvgIpc) is 2.88. The molecule has 0 spiro atoms. The third kappa shape index (κ3) is 4.46. The molecule has 1 fully saturated rings. The Labute approximate surface area is 116 Å². The summed E-state index contributed by atoms with van der Waals surface area (Å²) < 4.78 is 0. The van der Waals surface area contributed by atoms with E-state index in [1.165, 1.54) is 32.5 Å². The highest BCUT2D eigenvalue weighted by Gasteiger charge is 2.14. The largest absolute Gasteiger partial charge is 0.370 e. The van der Waals surface area contributed by atoms with E-state index in [0.29, 0.717) is 5.92 Å². The fourth-order valence-electron chi connectivity index (χ4n) is 2.65. The van der Waals surface area contributed by atoms with Crippen molar-refractivity contribution in [1.82, 2.24) is 14.9 Å². The lowest BCUT2D eigenvalue weighted by molar-refractivity contribution is 0.294. The van der Waals surface area contributed by atoms with Gasteiger partial charge in [-0.2, -0.15) is 0 Å². The van der Waals surface area contributed by atoms with Crippen molar-refractivity contribution in [3.63, 3.8) is 0 Å². The van der Waals surface area contributed by atoms with Gasteiger partial charge >= 0.3 is 0 Å².